The van der Waals surface area contributed by atoms with E-state index >= 15 is 0 Å². The second-order valence-corrected chi connectivity index (χ2v) is 3.50. The number of amides is 1. The predicted octanol–water partition coefficient (Wildman–Crippen LogP) is 0.428. The number of aromatic amines is 1. The van der Waals surface area contributed by atoms with Gasteiger partial charge in [0.1, 0.15) is 0 Å². The molecule has 0 aliphatic carbocycles. The van der Waals surface area contributed by atoms with Gasteiger partial charge in [-0.25, -0.2) is 0 Å². The van der Waals surface area contributed by atoms with Crippen LogP contribution in [0.15, 0.2) is 6.20 Å². The number of aromatic nitrogens is 3. The number of nitrogens with zero attached hydrogens (tertiary/aromatic N) is 3. The summed E-state index contributed by atoms with van der Waals surface area (Å²) in [5.74, 6) is -0.0278. The number of carbonyl (C=O) groups is 1. The molecule has 0 saturated carbocycles. The van der Waals surface area contributed by atoms with E-state index in [0.29, 0.717) is 17.8 Å². The van der Waals surface area contributed by atoms with Crippen LogP contribution in [0.3, 0.4) is 0 Å². The second kappa shape index (κ2) is 2.83. The molecule has 1 aromatic rings. The number of likely N-dealkylation sites (tertiary alicyclic amines) is 1. The largest absolute Gasteiger partial charge is 0.332 e. The van der Waals surface area contributed by atoms with Crippen LogP contribution >= 0.6 is 0 Å². The molecule has 1 fully saturated rings. The molecular weight excluding hydrogens is 168 g/mol. The maximum absolute atomic E-state index is 11.7. The van der Waals surface area contributed by atoms with E-state index in [2.05, 4.69) is 15.4 Å². The Morgan fingerprint density at radius 2 is 2.31 bits per heavy atom. The first-order valence-corrected chi connectivity index (χ1v) is 4.38. The van der Waals surface area contributed by atoms with Crippen molar-refractivity contribution >= 4 is 5.91 Å². The molecule has 1 amide bonds. The van der Waals surface area contributed by atoms with Crippen molar-refractivity contribution in [2.45, 2.75) is 32.4 Å². The second-order valence-electron chi connectivity index (χ2n) is 3.50. The normalized spacial score (nSPS) is 27.1. The van der Waals surface area contributed by atoms with E-state index in [1.54, 1.807) is 0 Å². The zero-order valence-corrected chi connectivity index (χ0v) is 7.69. The van der Waals surface area contributed by atoms with Crippen LogP contribution in [0.2, 0.25) is 0 Å². The Kier molecular flexibility index (Phi) is 1.79. The number of hydrogen-bond acceptors (Lipinski definition) is 3. The van der Waals surface area contributed by atoms with Gasteiger partial charge in [0.2, 0.25) is 0 Å². The van der Waals surface area contributed by atoms with Crippen LogP contribution in [0.1, 0.15) is 30.8 Å². The molecule has 0 radical (unpaired) electrons. The molecule has 2 rings (SSSR count). The van der Waals surface area contributed by atoms with Gasteiger partial charge in [-0.15, -0.1) is 0 Å². The molecule has 2 heterocycles. The zero-order chi connectivity index (χ0) is 9.42. The number of hydrogen-bond donors (Lipinski definition) is 1. The lowest BCUT2D eigenvalue weighted by Crippen LogP contribution is -2.55. The van der Waals surface area contributed by atoms with Crippen molar-refractivity contribution in [1.82, 2.24) is 20.3 Å². The maximum atomic E-state index is 11.7. The van der Waals surface area contributed by atoms with Crippen molar-refractivity contribution in [3.63, 3.8) is 0 Å². The maximum Gasteiger partial charge on any atom is 0.276 e. The Morgan fingerprint density at radius 3 is 2.77 bits per heavy atom. The van der Waals surface area contributed by atoms with Gasteiger partial charge in [-0.2, -0.15) is 15.4 Å². The lowest BCUT2D eigenvalue weighted by molar-refractivity contribution is 0.0260. The summed E-state index contributed by atoms with van der Waals surface area (Å²) in [6.45, 7) is 4.08. The molecule has 0 aromatic carbocycles. The van der Waals surface area contributed by atoms with Gasteiger partial charge >= 0.3 is 0 Å². The van der Waals surface area contributed by atoms with E-state index < -0.39 is 0 Å². The number of nitrogens with one attached hydrogen (secondary N) is 1. The minimum atomic E-state index is -0.0278. The van der Waals surface area contributed by atoms with Crippen molar-refractivity contribution in [2.75, 3.05) is 0 Å². The fourth-order valence-electron chi connectivity index (χ4n) is 1.85. The molecule has 13 heavy (non-hydrogen) atoms. The molecule has 0 spiro atoms. The fraction of sp³-hybridized carbons (Fsp3) is 0.625. The zero-order valence-electron chi connectivity index (χ0n) is 7.69. The fourth-order valence-corrected chi connectivity index (χ4v) is 1.85. The molecule has 0 bridgehead atoms. The summed E-state index contributed by atoms with van der Waals surface area (Å²) >= 11 is 0. The Hall–Kier alpha value is -1.39. The number of H-pyrrole nitrogens is 1. The molecule has 1 aromatic heterocycles. The molecule has 5 heteroatoms. The van der Waals surface area contributed by atoms with Crippen molar-refractivity contribution in [2.24, 2.45) is 0 Å². The third-order valence-electron chi connectivity index (χ3n) is 2.50. The first-order valence-electron chi connectivity index (χ1n) is 4.38. The monoisotopic (exact) mass is 180 g/mol. The standard InChI is InChI=1S/C8H12N4O/c1-5-3-6(2)12(5)8(13)7-4-9-11-10-7/h4-6H,3H2,1-2H3,(H,9,10,11). The lowest BCUT2D eigenvalue weighted by Gasteiger charge is -2.44. The van der Waals surface area contributed by atoms with E-state index in [1.165, 1.54) is 6.20 Å². The highest BCUT2D eigenvalue weighted by atomic mass is 16.2. The average Bonchev–Trinajstić information content (AvgIpc) is 2.55. The van der Waals surface area contributed by atoms with Gasteiger partial charge in [0.05, 0.1) is 6.20 Å². The molecule has 1 aliphatic heterocycles. The van der Waals surface area contributed by atoms with Crippen LogP contribution in [-0.4, -0.2) is 38.3 Å². The van der Waals surface area contributed by atoms with Gasteiger partial charge in [-0.1, -0.05) is 0 Å². The van der Waals surface area contributed by atoms with E-state index in [4.69, 9.17) is 0 Å². The first-order chi connectivity index (χ1) is 6.20. The van der Waals surface area contributed by atoms with Crippen molar-refractivity contribution < 1.29 is 4.79 Å². The minimum absolute atomic E-state index is 0.0278. The number of rotatable bonds is 1. The van der Waals surface area contributed by atoms with Gasteiger partial charge in [0.15, 0.2) is 5.69 Å². The third kappa shape index (κ3) is 1.20. The van der Waals surface area contributed by atoms with E-state index in [-0.39, 0.29) is 5.91 Å². The quantitative estimate of drug-likeness (QED) is 0.681. The number of carbonyl (C=O) groups excluding carboxylic acids is 1. The van der Waals surface area contributed by atoms with E-state index in [1.807, 2.05) is 18.7 Å². The topological polar surface area (TPSA) is 61.9 Å². The highest BCUT2D eigenvalue weighted by Gasteiger charge is 2.36. The molecule has 2 unspecified atom stereocenters. The minimum Gasteiger partial charge on any atom is -0.332 e. The summed E-state index contributed by atoms with van der Waals surface area (Å²) in [6.07, 6.45) is 2.53. The molecular formula is C8H12N4O. The highest BCUT2D eigenvalue weighted by Crippen LogP contribution is 2.26. The van der Waals surface area contributed by atoms with Gasteiger partial charge in [0.25, 0.3) is 5.91 Å². The Labute approximate surface area is 76.1 Å². The Balaban J connectivity index is 2.14. The third-order valence-corrected chi connectivity index (χ3v) is 2.50. The Bertz CT molecular complexity index is 300. The van der Waals surface area contributed by atoms with Gasteiger partial charge in [-0.3, -0.25) is 4.79 Å². The van der Waals surface area contributed by atoms with Gasteiger partial charge < -0.3 is 4.90 Å². The smallest absolute Gasteiger partial charge is 0.276 e. The van der Waals surface area contributed by atoms with E-state index in [0.717, 1.165) is 6.42 Å². The summed E-state index contributed by atoms with van der Waals surface area (Å²) in [5.41, 5.74) is 0.401. The molecule has 70 valence electrons. The van der Waals surface area contributed by atoms with Crippen LogP contribution in [0.5, 0.6) is 0 Å². The SMILES string of the molecule is CC1CC(C)N1C(=O)c1cn[nH]n1. The van der Waals surface area contributed by atoms with Crippen LogP contribution in [-0.2, 0) is 0 Å². The molecule has 1 aliphatic rings. The molecule has 1 N–H and O–H groups in total. The molecule has 5 nitrogen and oxygen atoms in total. The van der Waals surface area contributed by atoms with Crippen LogP contribution in [0, 0.1) is 0 Å². The van der Waals surface area contributed by atoms with Crippen LogP contribution in [0.25, 0.3) is 0 Å². The predicted molar refractivity (Wildman–Crippen MR) is 46.1 cm³/mol. The van der Waals surface area contributed by atoms with Crippen molar-refractivity contribution in [1.29, 1.82) is 0 Å². The van der Waals surface area contributed by atoms with Gasteiger partial charge in [0, 0.05) is 12.1 Å². The summed E-state index contributed by atoms with van der Waals surface area (Å²) in [5, 5.41) is 9.81. The highest BCUT2D eigenvalue weighted by molar-refractivity contribution is 5.92. The first kappa shape index (κ1) is 8.22. The van der Waals surface area contributed by atoms with Crippen molar-refractivity contribution in [3.05, 3.63) is 11.9 Å². The summed E-state index contributed by atoms with van der Waals surface area (Å²) < 4.78 is 0. The van der Waals surface area contributed by atoms with Crippen LogP contribution in [0.4, 0.5) is 0 Å². The van der Waals surface area contributed by atoms with E-state index in [9.17, 15) is 4.79 Å². The summed E-state index contributed by atoms with van der Waals surface area (Å²) in [7, 11) is 0. The summed E-state index contributed by atoms with van der Waals surface area (Å²) in [6, 6.07) is 0.665. The lowest BCUT2D eigenvalue weighted by atomic mass is 9.95. The molecule has 1 saturated heterocycles. The van der Waals surface area contributed by atoms with Gasteiger partial charge in [-0.05, 0) is 20.3 Å². The Morgan fingerprint density at radius 1 is 1.62 bits per heavy atom. The van der Waals surface area contributed by atoms with Crippen molar-refractivity contribution in [3.8, 4) is 0 Å². The summed E-state index contributed by atoms with van der Waals surface area (Å²) in [4.78, 5) is 13.5. The molecule has 2 atom stereocenters. The van der Waals surface area contributed by atoms with Crippen LogP contribution < -0.4 is 0 Å². The average molecular weight is 180 g/mol.